The number of benzene rings is 1. The highest BCUT2D eigenvalue weighted by Gasteiger charge is 2.22. The average Bonchev–Trinajstić information content (AvgIpc) is 2.70. The summed E-state index contributed by atoms with van der Waals surface area (Å²) in [5.41, 5.74) is 1.42. The first-order valence-corrected chi connectivity index (χ1v) is 8.94. The van der Waals surface area contributed by atoms with Crippen LogP contribution in [0.25, 0.3) is 0 Å². The van der Waals surface area contributed by atoms with Crippen LogP contribution in [0, 0.1) is 0 Å². The van der Waals surface area contributed by atoms with Gasteiger partial charge in [0.25, 0.3) is 11.5 Å². The van der Waals surface area contributed by atoms with Gasteiger partial charge in [0, 0.05) is 36.0 Å². The molecule has 28 heavy (non-hydrogen) atoms. The van der Waals surface area contributed by atoms with E-state index in [-0.39, 0.29) is 18.2 Å². The van der Waals surface area contributed by atoms with Crippen molar-refractivity contribution in [3.8, 4) is 11.6 Å². The molecule has 3 heterocycles. The van der Waals surface area contributed by atoms with Crippen molar-refractivity contribution in [1.82, 2.24) is 20.3 Å². The highest BCUT2D eigenvalue weighted by atomic mass is 16.5. The number of H-pyrrole nitrogens is 2. The Balaban J connectivity index is 1.41. The molecule has 3 N–H and O–H groups in total. The van der Waals surface area contributed by atoms with Gasteiger partial charge in [-0.05, 0) is 43.2 Å². The van der Waals surface area contributed by atoms with E-state index in [2.05, 4.69) is 20.3 Å². The van der Waals surface area contributed by atoms with Crippen LogP contribution in [0.3, 0.4) is 0 Å². The number of hydrogen-bond donors (Lipinski definition) is 3. The topological polar surface area (TPSA) is 117 Å². The number of carbonyl (C=O) groups is 1. The summed E-state index contributed by atoms with van der Waals surface area (Å²) in [7, 11) is 0. The largest absolute Gasteiger partial charge is 0.440 e. The molecule has 1 aliphatic heterocycles. The van der Waals surface area contributed by atoms with Gasteiger partial charge in [-0.1, -0.05) is 6.07 Å². The minimum Gasteiger partial charge on any atom is -0.440 e. The quantitative estimate of drug-likeness (QED) is 0.455. The number of nitrogens with one attached hydrogen (secondary N) is 3. The Hall–Kier alpha value is -3.68. The molecule has 0 spiro atoms. The molecule has 1 aromatic carbocycles. The summed E-state index contributed by atoms with van der Waals surface area (Å²) in [6.07, 6.45) is 3.60. The Labute approximate surface area is 159 Å². The molecule has 0 unspecified atom stereocenters. The molecule has 2 aromatic heterocycles. The van der Waals surface area contributed by atoms with E-state index in [1.165, 1.54) is 0 Å². The highest BCUT2D eigenvalue weighted by Crippen LogP contribution is 2.33. The van der Waals surface area contributed by atoms with Gasteiger partial charge >= 0.3 is 5.69 Å². The lowest BCUT2D eigenvalue weighted by Gasteiger charge is -2.19. The monoisotopic (exact) mass is 378 g/mol. The molecule has 0 fully saturated rings. The number of aromatic nitrogens is 3. The fourth-order valence-electron chi connectivity index (χ4n) is 3.12. The van der Waals surface area contributed by atoms with Crippen LogP contribution in [0.2, 0.25) is 0 Å². The highest BCUT2D eigenvalue weighted by molar-refractivity contribution is 5.94. The standard InChI is InChI=1S/C20H18N4O4/c25-17(22-9-3-5-14-4-1-2-8-21-14)12-6-7-16-13(10-12)11-15-18(26)23-20(27)24-19(15)28-16/h1-2,4,6-8,10H,3,5,9,11H2,(H,22,25)(H2,23,24,26,27). The van der Waals surface area contributed by atoms with Crippen molar-refractivity contribution >= 4 is 5.91 Å². The van der Waals surface area contributed by atoms with Crippen LogP contribution in [-0.4, -0.2) is 27.4 Å². The molecule has 8 heteroatoms. The second-order valence-corrected chi connectivity index (χ2v) is 6.50. The number of aryl methyl sites for hydroxylation is 1. The van der Waals surface area contributed by atoms with Crippen molar-refractivity contribution in [2.24, 2.45) is 0 Å². The number of ether oxygens (including phenoxy) is 1. The molecule has 1 amide bonds. The number of hydrogen-bond acceptors (Lipinski definition) is 5. The SMILES string of the molecule is O=C(NCCCc1ccccn1)c1ccc2c(c1)Cc1c([nH]c(=O)[nH]c1=O)O2. The van der Waals surface area contributed by atoms with Crippen LogP contribution in [0.4, 0.5) is 0 Å². The van der Waals surface area contributed by atoms with Gasteiger partial charge in [0.1, 0.15) is 5.75 Å². The van der Waals surface area contributed by atoms with Gasteiger partial charge in [-0.2, -0.15) is 0 Å². The zero-order chi connectivity index (χ0) is 19.5. The fraction of sp³-hybridized carbons (Fsp3) is 0.200. The van der Waals surface area contributed by atoms with E-state index in [1.54, 1.807) is 24.4 Å². The lowest BCUT2D eigenvalue weighted by atomic mass is 10.0. The predicted molar refractivity (Wildman–Crippen MR) is 102 cm³/mol. The van der Waals surface area contributed by atoms with Crippen molar-refractivity contribution in [2.75, 3.05) is 6.54 Å². The Kier molecular flexibility index (Phi) is 4.76. The number of rotatable bonds is 5. The van der Waals surface area contributed by atoms with E-state index in [9.17, 15) is 14.4 Å². The first-order chi connectivity index (χ1) is 13.6. The summed E-state index contributed by atoms with van der Waals surface area (Å²) in [5, 5.41) is 2.89. The molecular formula is C20H18N4O4. The van der Waals surface area contributed by atoms with Crippen molar-refractivity contribution in [1.29, 1.82) is 0 Å². The molecule has 1 aliphatic rings. The molecule has 0 atom stereocenters. The second-order valence-electron chi connectivity index (χ2n) is 6.50. The minimum atomic E-state index is -0.617. The Morgan fingerprint density at radius 2 is 2.07 bits per heavy atom. The number of nitrogens with zero attached hydrogens (tertiary/aromatic N) is 1. The van der Waals surface area contributed by atoms with Gasteiger partial charge in [-0.25, -0.2) is 4.79 Å². The molecule has 0 aliphatic carbocycles. The van der Waals surface area contributed by atoms with E-state index < -0.39 is 11.2 Å². The van der Waals surface area contributed by atoms with E-state index >= 15 is 0 Å². The number of aromatic amines is 2. The van der Waals surface area contributed by atoms with Crippen molar-refractivity contribution in [2.45, 2.75) is 19.3 Å². The lowest BCUT2D eigenvalue weighted by molar-refractivity contribution is 0.0953. The van der Waals surface area contributed by atoms with Crippen LogP contribution in [-0.2, 0) is 12.8 Å². The van der Waals surface area contributed by atoms with Crippen molar-refractivity contribution in [3.05, 3.63) is 85.8 Å². The zero-order valence-corrected chi connectivity index (χ0v) is 15.0. The van der Waals surface area contributed by atoms with Gasteiger partial charge in [-0.3, -0.25) is 24.5 Å². The first-order valence-electron chi connectivity index (χ1n) is 8.94. The maximum absolute atomic E-state index is 12.4. The summed E-state index contributed by atoms with van der Waals surface area (Å²) < 4.78 is 5.61. The maximum Gasteiger partial charge on any atom is 0.328 e. The number of pyridine rings is 1. The lowest BCUT2D eigenvalue weighted by Crippen LogP contribution is -2.28. The number of fused-ring (bicyclic) bond motifs is 2. The summed E-state index contributed by atoms with van der Waals surface area (Å²) in [5.74, 6) is 0.471. The summed E-state index contributed by atoms with van der Waals surface area (Å²) in [6.45, 7) is 0.534. The third kappa shape index (κ3) is 3.71. The van der Waals surface area contributed by atoms with Gasteiger partial charge in [0.05, 0.1) is 5.56 Å². The molecule has 142 valence electrons. The molecule has 0 bridgehead atoms. The van der Waals surface area contributed by atoms with Crippen LogP contribution in [0.15, 0.2) is 52.2 Å². The fourth-order valence-corrected chi connectivity index (χ4v) is 3.12. The summed E-state index contributed by atoms with van der Waals surface area (Å²) in [4.78, 5) is 44.7. The van der Waals surface area contributed by atoms with Crippen molar-refractivity contribution < 1.29 is 9.53 Å². The third-order valence-corrected chi connectivity index (χ3v) is 4.53. The second kappa shape index (κ2) is 7.51. The molecule has 4 rings (SSSR count). The Bertz CT molecular complexity index is 1130. The minimum absolute atomic E-state index is 0.146. The van der Waals surface area contributed by atoms with Crippen LogP contribution < -0.4 is 21.3 Å². The number of amides is 1. The van der Waals surface area contributed by atoms with Crippen LogP contribution >= 0.6 is 0 Å². The van der Waals surface area contributed by atoms with E-state index in [0.29, 0.717) is 29.0 Å². The van der Waals surface area contributed by atoms with Gasteiger partial charge in [-0.15, -0.1) is 0 Å². The number of carbonyl (C=O) groups excluding carboxylic acids is 1. The zero-order valence-electron chi connectivity index (χ0n) is 15.0. The molecule has 3 aromatic rings. The van der Waals surface area contributed by atoms with Gasteiger partial charge < -0.3 is 10.1 Å². The average molecular weight is 378 g/mol. The predicted octanol–water partition coefficient (Wildman–Crippen LogP) is 1.52. The van der Waals surface area contributed by atoms with Crippen LogP contribution in [0.1, 0.15) is 33.6 Å². The Morgan fingerprint density at radius 3 is 2.89 bits per heavy atom. The molecule has 8 nitrogen and oxygen atoms in total. The molecule has 0 saturated carbocycles. The maximum atomic E-state index is 12.4. The summed E-state index contributed by atoms with van der Waals surface area (Å²) in [6, 6.07) is 10.8. The summed E-state index contributed by atoms with van der Waals surface area (Å²) >= 11 is 0. The van der Waals surface area contributed by atoms with Gasteiger partial charge in [0.15, 0.2) is 0 Å². The molecular weight excluding hydrogens is 360 g/mol. The first kappa shape index (κ1) is 17.7. The van der Waals surface area contributed by atoms with Crippen molar-refractivity contribution in [3.63, 3.8) is 0 Å². The van der Waals surface area contributed by atoms with Crippen LogP contribution in [0.5, 0.6) is 11.6 Å². The van der Waals surface area contributed by atoms with E-state index in [0.717, 1.165) is 18.5 Å². The van der Waals surface area contributed by atoms with E-state index in [4.69, 9.17) is 4.74 Å². The molecule has 0 saturated heterocycles. The third-order valence-electron chi connectivity index (χ3n) is 4.53. The normalized spacial score (nSPS) is 11.9. The molecule has 0 radical (unpaired) electrons. The van der Waals surface area contributed by atoms with E-state index in [1.807, 2.05) is 18.2 Å². The van der Waals surface area contributed by atoms with Gasteiger partial charge in [0.2, 0.25) is 5.88 Å². The Morgan fingerprint density at radius 1 is 1.18 bits per heavy atom. The smallest absolute Gasteiger partial charge is 0.328 e.